The number of sulfonamides is 1. The van der Waals surface area contributed by atoms with Crippen LogP contribution in [-0.4, -0.2) is 58.5 Å². The largest absolute Gasteiger partial charge is 0.497 e. The highest BCUT2D eigenvalue weighted by molar-refractivity contribution is 7.92. The molecule has 1 atom stereocenters. The third-order valence-electron chi connectivity index (χ3n) is 5.97. The Labute approximate surface area is 224 Å². The number of nitrogens with one attached hydrogen (secondary N) is 1. The van der Waals surface area contributed by atoms with E-state index in [9.17, 15) is 18.0 Å². The second-order valence-corrected chi connectivity index (χ2v) is 10.2. The quantitative estimate of drug-likeness (QED) is 0.378. The predicted molar refractivity (Wildman–Crippen MR) is 146 cm³/mol. The number of amides is 2. The second-order valence-electron chi connectivity index (χ2n) is 8.39. The van der Waals surface area contributed by atoms with Gasteiger partial charge in [0, 0.05) is 13.6 Å². The van der Waals surface area contributed by atoms with Crippen molar-refractivity contribution in [3.8, 4) is 11.5 Å². The van der Waals surface area contributed by atoms with Crippen LogP contribution < -0.4 is 19.1 Å². The monoisotopic (exact) mass is 539 g/mol. The van der Waals surface area contributed by atoms with E-state index in [-0.39, 0.29) is 23.0 Å². The minimum absolute atomic E-state index is 0.0279. The van der Waals surface area contributed by atoms with Crippen LogP contribution in [0.2, 0.25) is 0 Å². The normalized spacial score (nSPS) is 11.8. The van der Waals surface area contributed by atoms with Crippen LogP contribution >= 0.6 is 0 Å². The molecule has 3 aromatic carbocycles. The van der Waals surface area contributed by atoms with E-state index in [4.69, 9.17) is 9.47 Å². The van der Waals surface area contributed by atoms with Gasteiger partial charge in [0.2, 0.25) is 11.8 Å². The van der Waals surface area contributed by atoms with Crippen molar-refractivity contribution in [2.24, 2.45) is 0 Å². The molecule has 0 saturated carbocycles. The Morgan fingerprint density at radius 2 is 1.58 bits per heavy atom. The first-order valence-corrected chi connectivity index (χ1v) is 13.6. The zero-order valence-corrected chi connectivity index (χ0v) is 22.8. The lowest BCUT2D eigenvalue weighted by atomic mass is 10.1. The van der Waals surface area contributed by atoms with Crippen LogP contribution in [-0.2, 0) is 26.2 Å². The van der Waals surface area contributed by atoms with Crippen molar-refractivity contribution in [2.75, 3.05) is 31.6 Å². The smallest absolute Gasteiger partial charge is 0.264 e. The van der Waals surface area contributed by atoms with Gasteiger partial charge in [0.05, 0.1) is 24.3 Å². The number of rotatable bonds is 12. The van der Waals surface area contributed by atoms with E-state index in [0.29, 0.717) is 18.1 Å². The molecule has 2 amide bonds. The molecule has 9 nitrogen and oxygen atoms in total. The molecule has 38 heavy (non-hydrogen) atoms. The van der Waals surface area contributed by atoms with Crippen molar-refractivity contribution in [2.45, 2.75) is 31.3 Å². The van der Waals surface area contributed by atoms with Gasteiger partial charge >= 0.3 is 0 Å². The molecule has 0 fully saturated rings. The number of hydrogen-bond donors (Lipinski definition) is 1. The SMILES string of the molecule is CCOc1ccccc1N(CC(=O)N(Cc1ccc(OC)cc1)[C@@H](C)C(=O)NC)S(=O)(=O)c1ccccc1. The Hall–Kier alpha value is -4.05. The van der Waals surface area contributed by atoms with Gasteiger partial charge in [-0.15, -0.1) is 0 Å². The molecule has 202 valence electrons. The molecule has 0 unspecified atom stereocenters. The summed E-state index contributed by atoms with van der Waals surface area (Å²) in [5, 5.41) is 2.57. The van der Waals surface area contributed by atoms with Crippen LogP contribution in [0.5, 0.6) is 11.5 Å². The highest BCUT2D eigenvalue weighted by atomic mass is 32.2. The number of hydrogen-bond acceptors (Lipinski definition) is 6. The van der Waals surface area contributed by atoms with Gasteiger partial charge in [-0.25, -0.2) is 8.42 Å². The highest BCUT2D eigenvalue weighted by Gasteiger charge is 2.33. The first-order valence-electron chi connectivity index (χ1n) is 12.2. The number of para-hydroxylation sites is 2. The van der Waals surface area contributed by atoms with Gasteiger partial charge in [-0.2, -0.15) is 0 Å². The first kappa shape index (κ1) is 28.5. The van der Waals surface area contributed by atoms with Gasteiger partial charge in [0.1, 0.15) is 24.1 Å². The summed E-state index contributed by atoms with van der Waals surface area (Å²) in [7, 11) is -1.13. The number of carbonyl (C=O) groups excluding carboxylic acids is 2. The maximum absolute atomic E-state index is 13.8. The molecule has 1 N–H and O–H groups in total. The molecular formula is C28H33N3O6S. The summed E-state index contributed by atoms with van der Waals surface area (Å²) >= 11 is 0. The van der Waals surface area contributed by atoms with Crippen molar-refractivity contribution in [3.63, 3.8) is 0 Å². The predicted octanol–water partition coefficient (Wildman–Crippen LogP) is 3.45. The molecular weight excluding hydrogens is 506 g/mol. The van der Waals surface area contributed by atoms with E-state index in [0.717, 1.165) is 9.87 Å². The van der Waals surface area contributed by atoms with Crippen LogP contribution in [0.15, 0.2) is 83.8 Å². The van der Waals surface area contributed by atoms with Gasteiger partial charge in [-0.3, -0.25) is 13.9 Å². The molecule has 0 saturated heterocycles. The molecule has 0 aliphatic carbocycles. The molecule has 0 heterocycles. The third kappa shape index (κ3) is 6.63. The zero-order valence-electron chi connectivity index (χ0n) is 22.0. The Kier molecular flexibility index (Phi) is 9.72. The fourth-order valence-electron chi connectivity index (χ4n) is 3.89. The van der Waals surface area contributed by atoms with E-state index < -0.39 is 28.5 Å². The van der Waals surface area contributed by atoms with Crippen molar-refractivity contribution in [1.82, 2.24) is 10.2 Å². The number of nitrogens with zero attached hydrogens (tertiary/aromatic N) is 2. The lowest BCUT2D eigenvalue weighted by molar-refractivity contribution is -0.139. The number of benzene rings is 3. The molecule has 0 aromatic heterocycles. The van der Waals surface area contributed by atoms with Crippen LogP contribution in [0.25, 0.3) is 0 Å². The molecule has 0 bridgehead atoms. The fourth-order valence-corrected chi connectivity index (χ4v) is 5.34. The van der Waals surface area contributed by atoms with Crippen LogP contribution in [0.1, 0.15) is 19.4 Å². The first-order chi connectivity index (χ1) is 18.2. The Bertz CT molecular complexity index is 1330. The maximum Gasteiger partial charge on any atom is 0.264 e. The van der Waals surface area contributed by atoms with E-state index in [2.05, 4.69) is 5.32 Å². The number of carbonyl (C=O) groups is 2. The lowest BCUT2D eigenvalue weighted by Crippen LogP contribution is -2.50. The van der Waals surface area contributed by atoms with Crippen LogP contribution in [0, 0.1) is 0 Å². The van der Waals surface area contributed by atoms with E-state index in [1.807, 2.05) is 0 Å². The summed E-state index contributed by atoms with van der Waals surface area (Å²) in [6.07, 6.45) is 0. The van der Waals surface area contributed by atoms with Gasteiger partial charge in [-0.1, -0.05) is 42.5 Å². The van der Waals surface area contributed by atoms with Crippen molar-refractivity contribution in [1.29, 1.82) is 0 Å². The van der Waals surface area contributed by atoms with Gasteiger partial charge < -0.3 is 19.7 Å². The summed E-state index contributed by atoms with van der Waals surface area (Å²) in [6.45, 7) is 3.24. The Balaban J connectivity index is 2.05. The number of ether oxygens (including phenoxy) is 2. The highest BCUT2D eigenvalue weighted by Crippen LogP contribution is 2.32. The summed E-state index contributed by atoms with van der Waals surface area (Å²) in [5.74, 6) is 0.0452. The lowest BCUT2D eigenvalue weighted by Gasteiger charge is -2.32. The number of likely N-dealkylation sites (N-methyl/N-ethyl adjacent to an activating group) is 1. The van der Waals surface area contributed by atoms with E-state index >= 15 is 0 Å². The fraction of sp³-hybridized carbons (Fsp3) is 0.286. The molecule has 10 heteroatoms. The summed E-state index contributed by atoms with van der Waals surface area (Å²) in [4.78, 5) is 27.8. The molecule has 3 rings (SSSR count). The summed E-state index contributed by atoms with van der Waals surface area (Å²) in [5.41, 5.74) is 0.977. The molecule has 3 aromatic rings. The third-order valence-corrected chi connectivity index (χ3v) is 7.74. The minimum atomic E-state index is -4.17. The van der Waals surface area contributed by atoms with Crippen molar-refractivity contribution >= 4 is 27.5 Å². The maximum atomic E-state index is 13.8. The average Bonchev–Trinajstić information content (AvgIpc) is 2.95. The second kappa shape index (κ2) is 13.0. The summed E-state index contributed by atoms with van der Waals surface area (Å²) in [6, 6.07) is 20.8. The molecule has 0 aliphatic heterocycles. The molecule has 0 aliphatic rings. The molecule has 0 spiro atoms. The minimum Gasteiger partial charge on any atom is -0.497 e. The number of methoxy groups -OCH3 is 1. The van der Waals surface area contributed by atoms with Crippen LogP contribution in [0.4, 0.5) is 5.69 Å². The Morgan fingerprint density at radius 1 is 0.947 bits per heavy atom. The van der Waals surface area contributed by atoms with Gasteiger partial charge in [0.25, 0.3) is 10.0 Å². The summed E-state index contributed by atoms with van der Waals surface area (Å²) < 4.78 is 39.6. The standard InChI is InChI=1S/C28H33N3O6S/c1-5-37-26-14-10-9-13-25(26)31(38(34,35)24-11-7-6-8-12-24)20-27(32)30(21(2)28(33)29-3)19-22-15-17-23(36-4)18-16-22/h6-18,21H,5,19-20H2,1-4H3,(H,29,33)/t21-/m0/s1. The van der Waals surface area contributed by atoms with Crippen molar-refractivity contribution < 1.29 is 27.5 Å². The van der Waals surface area contributed by atoms with E-state index in [1.165, 1.54) is 24.1 Å². The average molecular weight is 540 g/mol. The zero-order chi connectivity index (χ0) is 27.7. The van der Waals surface area contributed by atoms with Crippen molar-refractivity contribution in [3.05, 3.63) is 84.4 Å². The van der Waals surface area contributed by atoms with Gasteiger partial charge in [-0.05, 0) is 55.8 Å². The molecule has 0 radical (unpaired) electrons. The Morgan fingerprint density at radius 3 is 2.18 bits per heavy atom. The van der Waals surface area contributed by atoms with Crippen LogP contribution in [0.3, 0.4) is 0 Å². The van der Waals surface area contributed by atoms with E-state index in [1.54, 1.807) is 87.7 Å². The number of anilines is 1. The topological polar surface area (TPSA) is 105 Å². The van der Waals surface area contributed by atoms with Gasteiger partial charge in [0.15, 0.2) is 0 Å².